The zero-order valence-electron chi connectivity index (χ0n) is 15.9. The van der Waals surface area contributed by atoms with Crippen molar-refractivity contribution in [3.63, 3.8) is 0 Å². The Labute approximate surface area is 166 Å². The summed E-state index contributed by atoms with van der Waals surface area (Å²) < 4.78 is 0. The van der Waals surface area contributed by atoms with Crippen LogP contribution >= 0.6 is 12.4 Å². The maximum absolute atomic E-state index is 4.99. The van der Waals surface area contributed by atoms with Crippen LogP contribution in [0.1, 0.15) is 55.7 Å². The maximum Gasteiger partial charge on any atom is 0.129 e. The largest absolute Gasteiger partial charge is 0.412 e. The van der Waals surface area contributed by atoms with Gasteiger partial charge in [-0.3, -0.25) is 0 Å². The van der Waals surface area contributed by atoms with Crippen LogP contribution in [0.5, 0.6) is 0 Å². The second kappa shape index (κ2) is 9.31. The zero-order chi connectivity index (χ0) is 17.2. The summed E-state index contributed by atoms with van der Waals surface area (Å²) in [5.41, 5.74) is 4.74. The highest BCUT2D eigenvalue weighted by Gasteiger charge is 2.27. The van der Waals surface area contributed by atoms with Crippen LogP contribution in [0.3, 0.4) is 0 Å². The lowest BCUT2D eigenvalue weighted by molar-refractivity contribution is 0.365. The van der Waals surface area contributed by atoms with Crippen molar-refractivity contribution >= 4 is 23.4 Å². The molecule has 3 heterocycles. The number of halogens is 1. The van der Waals surface area contributed by atoms with Crippen LogP contribution < -0.4 is 5.32 Å². The molecule has 0 radical (unpaired) electrons. The molecule has 2 aromatic heterocycles. The fourth-order valence-corrected chi connectivity index (χ4v) is 3.88. The van der Waals surface area contributed by atoms with Crippen molar-refractivity contribution in [2.75, 3.05) is 6.54 Å². The molecule has 3 aromatic rings. The number of hydrogen-bond acceptors (Lipinski definition) is 3. The van der Waals surface area contributed by atoms with Gasteiger partial charge in [0.05, 0.1) is 16.7 Å². The van der Waals surface area contributed by atoms with Gasteiger partial charge in [0, 0.05) is 24.6 Å². The Kier molecular flexibility index (Phi) is 7.36. The Morgan fingerprint density at radius 3 is 2.63 bits per heavy atom. The van der Waals surface area contributed by atoms with Gasteiger partial charge in [-0.1, -0.05) is 44.2 Å². The minimum Gasteiger partial charge on any atom is -0.412 e. The van der Waals surface area contributed by atoms with E-state index in [1.807, 2.05) is 6.20 Å². The van der Waals surface area contributed by atoms with Gasteiger partial charge in [0.1, 0.15) is 5.82 Å². The molecular formula is C21H29ClN4O. The lowest BCUT2D eigenvalue weighted by Gasteiger charge is -2.30. The topological polar surface area (TPSA) is 85.1 Å². The summed E-state index contributed by atoms with van der Waals surface area (Å²) >= 11 is 0. The van der Waals surface area contributed by atoms with Gasteiger partial charge in [0.25, 0.3) is 0 Å². The highest BCUT2D eigenvalue weighted by Crippen LogP contribution is 2.35. The predicted octanol–water partition coefficient (Wildman–Crippen LogP) is 3.96. The van der Waals surface area contributed by atoms with E-state index < -0.39 is 0 Å². The first-order chi connectivity index (χ1) is 12.2. The molecule has 1 aromatic carbocycles. The first kappa shape index (κ1) is 21.4. The van der Waals surface area contributed by atoms with E-state index in [4.69, 9.17) is 9.97 Å². The van der Waals surface area contributed by atoms with Gasteiger partial charge in [-0.05, 0) is 36.9 Å². The number of fused-ring (bicyclic) bond motifs is 1. The number of nitrogens with one attached hydrogen (secondary N) is 2. The molecule has 4 rings (SSSR count). The molecule has 1 aliphatic rings. The minimum atomic E-state index is 0. The van der Waals surface area contributed by atoms with Crippen molar-refractivity contribution in [1.82, 2.24) is 20.3 Å². The number of aromatic amines is 1. The molecular weight excluding hydrogens is 360 g/mol. The molecule has 1 aliphatic heterocycles. The molecule has 27 heavy (non-hydrogen) atoms. The smallest absolute Gasteiger partial charge is 0.129 e. The van der Waals surface area contributed by atoms with Crippen molar-refractivity contribution in [3.05, 3.63) is 59.7 Å². The molecule has 146 valence electrons. The highest BCUT2D eigenvalue weighted by molar-refractivity contribution is 5.85. The van der Waals surface area contributed by atoms with Crippen LogP contribution in [0.4, 0.5) is 0 Å². The number of H-pyrrole nitrogens is 1. The summed E-state index contributed by atoms with van der Waals surface area (Å²) in [5, 5.41) is 3.67. The number of piperidine rings is 1. The number of aromatic nitrogens is 3. The van der Waals surface area contributed by atoms with Gasteiger partial charge >= 0.3 is 0 Å². The molecule has 1 fully saturated rings. The molecule has 4 N–H and O–H groups in total. The van der Waals surface area contributed by atoms with Gasteiger partial charge in [0.15, 0.2) is 0 Å². The van der Waals surface area contributed by atoms with Gasteiger partial charge < -0.3 is 15.8 Å². The van der Waals surface area contributed by atoms with Crippen molar-refractivity contribution in [1.29, 1.82) is 0 Å². The Bertz CT molecular complexity index is 850. The van der Waals surface area contributed by atoms with Gasteiger partial charge in [-0.25, -0.2) is 9.97 Å². The van der Waals surface area contributed by atoms with Gasteiger partial charge in [-0.2, -0.15) is 0 Å². The van der Waals surface area contributed by atoms with Crippen molar-refractivity contribution < 1.29 is 5.48 Å². The molecule has 0 spiro atoms. The molecule has 2 atom stereocenters. The Balaban J connectivity index is 0.00000131. The minimum absolute atomic E-state index is 0. The fraction of sp³-hybridized carbons (Fsp3) is 0.429. The lowest BCUT2D eigenvalue weighted by Crippen LogP contribution is -2.31. The Hall–Kier alpha value is -1.95. The van der Waals surface area contributed by atoms with Crippen LogP contribution in [-0.4, -0.2) is 27.0 Å². The van der Waals surface area contributed by atoms with Crippen LogP contribution in [0, 0.1) is 5.92 Å². The summed E-state index contributed by atoms with van der Waals surface area (Å²) in [6, 6.07) is 13.2. The third kappa shape index (κ3) is 4.67. The van der Waals surface area contributed by atoms with Crippen LogP contribution in [0.15, 0.2) is 42.6 Å². The van der Waals surface area contributed by atoms with Gasteiger partial charge in [0.2, 0.25) is 0 Å². The number of hydrogen-bond donors (Lipinski definition) is 2. The number of nitrogens with zero attached hydrogens (tertiary/aromatic N) is 2. The first-order valence-corrected chi connectivity index (χ1v) is 9.33. The van der Waals surface area contributed by atoms with Crippen molar-refractivity contribution in [3.8, 4) is 0 Å². The first-order valence-electron chi connectivity index (χ1n) is 9.33. The molecule has 5 nitrogen and oxygen atoms in total. The van der Waals surface area contributed by atoms with E-state index in [0.29, 0.717) is 17.9 Å². The summed E-state index contributed by atoms with van der Waals surface area (Å²) in [6.45, 7) is 5.47. The predicted molar refractivity (Wildman–Crippen MR) is 112 cm³/mol. The molecule has 2 unspecified atom stereocenters. The normalized spacial score (nSPS) is 19.5. The third-order valence-electron chi connectivity index (χ3n) is 5.06. The van der Waals surface area contributed by atoms with Crippen LogP contribution in [-0.2, 0) is 6.42 Å². The third-order valence-corrected chi connectivity index (χ3v) is 5.06. The molecule has 0 saturated carbocycles. The second-order valence-corrected chi connectivity index (χ2v) is 7.50. The highest BCUT2D eigenvalue weighted by atomic mass is 35.5. The number of benzene rings is 1. The fourth-order valence-electron chi connectivity index (χ4n) is 3.88. The van der Waals surface area contributed by atoms with E-state index in [2.05, 4.69) is 60.5 Å². The van der Waals surface area contributed by atoms with Crippen LogP contribution in [0.2, 0.25) is 0 Å². The molecule has 6 heteroatoms. The Morgan fingerprint density at radius 1 is 1.11 bits per heavy atom. The summed E-state index contributed by atoms with van der Waals surface area (Å²) in [7, 11) is 0. The average molecular weight is 389 g/mol. The lowest BCUT2D eigenvalue weighted by atomic mass is 9.86. The summed E-state index contributed by atoms with van der Waals surface area (Å²) in [4.78, 5) is 13.1. The van der Waals surface area contributed by atoms with Crippen molar-refractivity contribution in [2.45, 2.75) is 45.1 Å². The molecule has 0 aliphatic carbocycles. The van der Waals surface area contributed by atoms with Gasteiger partial charge in [-0.15, -0.1) is 12.4 Å². The monoisotopic (exact) mass is 388 g/mol. The van der Waals surface area contributed by atoms with E-state index in [9.17, 15) is 0 Å². The molecule has 0 bridgehead atoms. The van der Waals surface area contributed by atoms with Crippen LogP contribution in [0.25, 0.3) is 11.0 Å². The SMILES string of the molecule is CC(C)Cc1nc(C2CCNC(c3ccccc3)C2)c2[nH]ccc2n1.Cl.O. The average Bonchev–Trinajstić information content (AvgIpc) is 3.10. The molecule has 1 saturated heterocycles. The summed E-state index contributed by atoms with van der Waals surface area (Å²) in [5.74, 6) is 2.00. The quantitative estimate of drug-likeness (QED) is 0.709. The summed E-state index contributed by atoms with van der Waals surface area (Å²) in [6.07, 6.45) is 5.12. The molecule has 0 amide bonds. The number of rotatable bonds is 4. The zero-order valence-corrected chi connectivity index (χ0v) is 16.7. The van der Waals surface area contributed by atoms with E-state index in [1.165, 1.54) is 11.3 Å². The van der Waals surface area contributed by atoms with E-state index in [0.717, 1.165) is 42.7 Å². The van der Waals surface area contributed by atoms with Crippen molar-refractivity contribution in [2.24, 2.45) is 5.92 Å². The van der Waals surface area contributed by atoms with E-state index in [1.54, 1.807) is 0 Å². The standard InChI is InChI=1S/C21H26N4.ClH.H2O/c1-14(2)12-19-24-17-9-11-23-21(17)20(25-19)16-8-10-22-18(13-16)15-6-4-3-5-7-15;;/h3-7,9,11,14,16,18,22-23H,8,10,12-13H2,1-2H3;1H;1H2. The maximum atomic E-state index is 4.99. The second-order valence-electron chi connectivity index (χ2n) is 7.50. The van der Waals surface area contributed by atoms with E-state index >= 15 is 0 Å². The van der Waals surface area contributed by atoms with E-state index in [-0.39, 0.29) is 17.9 Å². The Morgan fingerprint density at radius 2 is 1.89 bits per heavy atom.